The van der Waals surface area contributed by atoms with Crippen molar-refractivity contribution in [1.82, 2.24) is 9.69 Å². The van der Waals surface area contributed by atoms with Gasteiger partial charge in [0, 0.05) is 18.8 Å². The Morgan fingerprint density at radius 2 is 1.93 bits per heavy atom. The number of nitrogens with two attached hydrogens (primary N) is 2. The second-order valence-corrected chi connectivity index (χ2v) is 9.97. The molecule has 1 saturated heterocycles. The van der Waals surface area contributed by atoms with Crippen LogP contribution < -0.4 is 31.2 Å². The average Bonchev–Trinajstić information content (AvgIpc) is 3.63. The molecule has 2 aromatic carbocycles. The van der Waals surface area contributed by atoms with E-state index < -0.39 is 23.8 Å². The molecule has 0 unspecified atom stereocenters. The lowest BCUT2D eigenvalue weighted by atomic mass is 9.99. The molecule has 0 aliphatic carbocycles. The van der Waals surface area contributed by atoms with E-state index in [9.17, 15) is 14.4 Å². The van der Waals surface area contributed by atoms with Gasteiger partial charge in [0.05, 0.1) is 26.0 Å². The van der Waals surface area contributed by atoms with Crippen molar-refractivity contribution >= 4 is 40.6 Å². The quantitative estimate of drug-likeness (QED) is 0.319. The van der Waals surface area contributed by atoms with E-state index >= 15 is 0 Å². The maximum absolute atomic E-state index is 14.3. The van der Waals surface area contributed by atoms with Crippen LogP contribution in [0.3, 0.4) is 0 Å². The van der Waals surface area contributed by atoms with Gasteiger partial charge in [-0.1, -0.05) is 31.2 Å². The third-order valence-electron chi connectivity index (χ3n) is 6.76. The molecule has 1 aliphatic heterocycles. The van der Waals surface area contributed by atoms with Crippen molar-refractivity contribution in [2.24, 2.45) is 5.73 Å². The lowest BCUT2D eigenvalue weighted by Crippen LogP contribution is -2.46. The molecule has 5 N–H and O–H groups in total. The highest BCUT2D eigenvalue weighted by Gasteiger charge is 2.37. The Morgan fingerprint density at radius 1 is 1.18 bits per heavy atom. The molecular weight excluding hydrogens is 534 g/mol. The van der Waals surface area contributed by atoms with E-state index in [4.69, 9.17) is 25.7 Å². The maximum atomic E-state index is 14.3. The number of primary amides is 1. The van der Waals surface area contributed by atoms with Crippen molar-refractivity contribution in [2.45, 2.75) is 38.3 Å². The molecule has 12 heteroatoms. The van der Waals surface area contributed by atoms with Crippen molar-refractivity contribution in [1.29, 1.82) is 0 Å². The van der Waals surface area contributed by atoms with E-state index in [1.165, 1.54) is 19.1 Å². The molecule has 2 heterocycles. The predicted octanol–water partition coefficient (Wildman–Crippen LogP) is 3.09. The Balaban J connectivity index is 1.89. The van der Waals surface area contributed by atoms with Gasteiger partial charge < -0.3 is 31.0 Å². The molecule has 4 rings (SSSR count). The Morgan fingerprint density at radius 3 is 2.55 bits per heavy atom. The zero-order valence-electron chi connectivity index (χ0n) is 22.6. The molecule has 1 fully saturated rings. The number of carbonyl (C=O) groups is 3. The minimum atomic E-state index is -1.15. The summed E-state index contributed by atoms with van der Waals surface area (Å²) in [6.45, 7) is 2.88. The molecule has 0 radical (unpaired) electrons. The Bertz CT molecular complexity index is 1390. The molecule has 40 heavy (non-hydrogen) atoms. The van der Waals surface area contributed by atoms with E-state index in [1.54, 1.807) is 30.3 Å². The Kier molecular flexibility index (Phi) is 9.22. The standard InChI is InChI=1S/C28H33N5O6S/c1-4-16-8-5-6-10-19(16)33(28(36)25-22(29)23(26(30)34)32-40-25)24(27(35)31-15-18-9-7-13-39-18)17-11-12-20(37-2)21(14-17)38-3/h5-6,8,10-12,14,18,24H,4,7,9,13,15,29H2,1-3H3,(H2,30,34)(H,31,35)/t18-,24-/m0/s1. The fraction of sp³-hybridized carbons (Fsp3) is 0.357. The van der Waals surface area contributed by atoms with Crippen molar-refractivity contribution in [3.05, 3.63) is 64.2 Å². The molecule has 212 valence electrons. The maximum Gasteiger partial charge on any atom is 0.273 e. The number of rotatable bonds is 11. The summed E-state index contributed by atoms with van der Waals surface area (Å²) in [5.41, 5.74) is 13.1. The SMILES string of the molecule is CCc1ccccc1N(C(=O)c1snc(C(N)=O)c1N)[C@H](C(=O)NC[C@@H]1CCCO1)c1ccc(OC)c(OC)c1. The molecule has 0 bridgehead atoms. The Hall–Kier alpha value is -4.16. The number of nitrogen functional groups attached to an aromatic ring is 1. The van der Waals surface area contributed by atoms with Crippen molar-refractivity contribution < 1.29 is 28.6 Å². The van der Waals surface area contributed by atoms with Gasteiger partial charge in [-0.15, -0.1) is 0 Å². The van der Waals surface area contributed by atoms with Crippen LogP contribution in [-0.2, 0) is 16.0 Å². The van der Waals surface area contributed by atoms with Gasteiger partial charge >= 0.3 is 0 Å². The number of carbonyl (C=O) groups excluding carboxylic acids is 3. The van der Waals surface area contributed by atoms with Gasteiger partial charge in [0.1, 0.15) is 10.9 Å². The number of hydrogen-bond donors (Lipinski definition) is 3. The first-order valence-corrected chi connectivity index (χ1v) is 13.7. The number of anilines is 2. The molecule has 0 saturated carbocycles. The summed E-state index contributed by atoms with van der Waals surface area (Å²) < 4.78 is 20.6. The van der Waals surface area contributed by atoms with Gasteiger partial charge in [-0.3, -0.25) is 19.3 Å². The third-order valence-corrected chi connectivity index (χ3v) is 7.62. The van der Waals surface area contributed by atoms with Crippen molar-refractivity contribution in [2.75, 3.05) is 38.0 Å². The van der Waals surface area contributed by atoms with Crippen LogP contribution in [0.1, 0.15) is 57.1 Å². The van der Waals surface area contributed by atoms with E-state index in [0.29, 0.717) is 35.8 Å². The van der Waals surface area contributed by atoms with Gasteiger partial charge in [-0.2, -0.15) is 4.37 Å². The highest BCUT2D eigenvalue weighted by Crippen LogP contribution is 2.38. The summed E-state index contributed by atoms with van der Waals surface area (Å²) in [6, 6.07) is 11.2. The number of benzene rings is 2. The topological polar surface area (TPSA) is 159 Å². The second-order valence-electron chi connectivity index (χ2n) is 9.19. The van der Waals surface area contributed by atoms with E-state index in [0.717, 1.165) is 29.9 Å². The smallest absolute Gasteiger partial charge is 0.273 e. The minimum absolute atomic E-state index is 0.00268. The van der Waals surface area contributed by atoms with Crippen LogP contribution in [-0.4, -0.2) is 55.6 Å². The van der Waals surface area contributed by atoms with Gasteiger partial charge in [0.25, 0.3) is 11.8 Å². The van der Waals surface area contributed by atoms with Crippen LogP contribution in [0.4, 0.5) is 11.4 Å². The predicted molar refractivity (Wildman–Crippen MR) is 152 cm³/mol. The monoisotopic (exact) mass is 567 g/mol. The number of aryl methyl sites for hydroxylation is 1. The molecule has 3 aromatic rings. The highest BCUT2D eigenvalue weighted by molar-refractivity contribution is 7.09. The fourth-order valence-corrected chi connectivity index (χ4v) is 5.45. The summed E-state index contributed by atoms with van der Waals surface area (Å²) in [5.74, 6) is -1.02. The van der Waals surface area contributed by atoms with Crippen molar-refractivity contribution in [3.8, 4) is 11.5 Å². The summed E-state index contributed by atoms with van der Waals surface area (Å²) in [6.07, 6.45) is 2.22. The third kappa shape index (κ3) is 5.87. The fourth-order valence-electron chi connectivity index (χ4n) is 4.71. The normalized spacial score (nSPS) is 15.3. The zero-order chi connectivity index (χ0) is 28.8. The van der Waals surface area contributed by atoms with Crippen LogP contribution in [0.15, 0.2) is 42.5 Å². The van der Waals surface area contributed by atoms with Crippen LogP contribution in [0.5, 0.6) is 11.5 Å². The summed E-state index contributed by atoms with van der Waals surface area (Å²) in [7, 11) is 3.01. The first-order chi connectivity index (χ1) is 19.3. The number of aromatic nitrogens is 1. The van der Waals surface area contributed by atoms with Gasteiger partial charge in [-0.25, -0.2) is 0 Å². The molecule has 11 nitrogen and oxygen atoms in total. The first-order valence-electron chi connectivity index (χ1n) is 12.9. The van der Waals surface area contributed by atoms with E-state index in [2.05, 4.69) is 9.69 Å². The van der Waals surface area contributed by atoms with Crippen LogP contribution >= 0.6 is 11.5 Å². The molecular formula is C28H33N5O6S. The Labute approximate surface area is 236 Å². The summed E-state index contributed by atoms with van der Waals surface area (Å²) >= 11 is 0.757. The second kappa shape index (κ2) is 12.8. The average molecular weight is 568 g/mol. The number of amides is 3. The number of nitrogens with one attached hydrogen (secondary N) is 1. The van der Waals surface area contributed by atoms with Crippen molar-refractivity contribution in [3.63, 3.8) is 0 Å². The lowest BCUT2D eigenvalue weighted by Gasteiger charge is -2.33. The van der Waals surface area contributed by atoms with E-state index in [1.807, 2.05) is 19.1 Å². The minimum Gasteiger partial charge on any atom is -0.493 e. The summed E-state index contributed by atoms with van der Waals surface area (Å²) in [4.78, 5) is 41.6. The number of ether oxygens (including phenoxy) is 3. The largest absolute Gasteiger partial charge is 0.493 e. The van der Waals surface area contributed by atoms with Crippen LogP contribution in [0, 0.1) is 0 Å². The van der Waals surface area contributed by atoms with E-state index in [-0.39, 0.29) is 28.9 Å². The van der Waals surface area contributed by atoms with Crippen LogP contribution in [0.2, 0.25) is 0 Å². The molecule has 2 atom stereocenters. The lowest BCUT2D eigenvalue weighted by molar-refractivity contribution is -0.123. The summed E-state index contributed by atoms with van der Waals surface area (Å²) in [5, 5.41) is 2.97. The van der Waals surface area contributed by atoms with Gasteiger partial charge in [0.2, 0.25) is 5.91 Å². The number of hydrogen-bond acceptors (Lipinski definition) is 9. The number of nitrogens with zero attached hydrogens (tertiary/aromatic N) is 2. The molecule has 3 amide bonds. The van der Waals surface area contributed by atoms with Crippen LogP contribution in [0.25, 0.3) is 0 Å². The molecule has 0 spiro atoms. The number of methoxy groups -OCH3 is 2. The zero-order valence-corrected chi connectivity index (χ0v) is 23.5. The molecule has 1 aliphatic rings. The molecule has 1 aromatic heterocycles. The number of para-hydroxylation sites is 1. The van der Waals surface area contributed by atoms with Gasteiger partial charge in [0.15, 0.2) is 17.2 Å². The first kappa shape index (κ1) is 28.8. The highest BCUT2D eigenvalue weighted by atomic mass is 32.1. The van der Waals surface area contributed by atoms with Gasteiger partial charge in [-0.05, 0) is 60.1 Å².